The van der Waals surface area contributed by atoms with Gasteiger partial charge in [-0.1, -0.05) is 41.4 Å². The third kappa shape index (κ3) is 4.22. The molecule has 0 atom stereocenters. The summed E-state index contributed by atoms with van der Waals surface area (Å²) in [5.74, 6) is -0.872. The summed E-state index contributed by atoms with van der Waals surface area (Å²) >= 11 is 11.8. The number of urea groups is 1. The molecule has 8 heteroatoms. The van der Waals surface area contributed by atoms with E-state index in [-0.39, 0.29) is 5.57 Å². The summed E-state index contributed by atoms with van der Waals surface area (Å²) < 4.78 is 5.66. The Balaban J connectivity index is 1.67. The molecule has 1 fully saturated rings. The molecule has 0 bridgehead atoms. The van der Waals surface area contributed by atoms with Crippen molar-refractivity contribution in [1.82, 2.24) is 10.6 Å². The van der Waals surface area contributed by atoms with Crippen molar-refractivity contribution in [3.63, 3.8) is 0 Å². The van der Waals surface area contributed by atoms with E-state index >= 15 is 0 Å². The summed E-state index contributed by atoms with van der Waals surface area (Å²) in [5.41, 5.74) is 1.33. The van der Waals surface area contributed by atoms with E-state index in [1.54, 1.807) is 36.4 Å². The number of halogens is 2. The van der Waals surface area contributed by atoms with Crippen LogP contribution in [-0.2, 0) is 16.2 Å². The quantitative estimate of drug-likeness (QED) is 0.619. The zero-order valence-corrected chi connectivity index (χ0v) is 14.7. The number of rotatable bonds is 4. The maximum absolute atomic E-state index is 11.7. The molecule has 0 spiro atoms. The minimum Gasteiger partial charge on any atom is -0.489 e. The van der Waals surface area contributed by atoms with Gasteiger partial charge in [0.15, 0.2) is 0 Å². The first kappa shape index (κ1) is 18.0. The molecule has 2 N–H and O–H groups in total. The van der Waals surface area contributed by atoms with Gasteiger partial charge in [0.05, 0.1) is 10.0 Å². The van der Waals surface area contributed by atoms with Gasteiger partial charge in [0.25, 0.3) is 11.8 Å². The smallest absolute Gasteiger partial charge is 0.328 e. The molecular formula is C18H12Cl2N2O4. The molecule has 1 aliphatic heterocycles. The highest BCUT2D eigenvalue weighted by Crippen LogP contribution is 2.23. The molecule has 1 aliphatic rings. The molecule has 132 valence electrons. The summed E-state index contributed by atoms with van der Waals surface area (Å²) in [5, 5.41) is 4.96. The van der Waals surface area contributed by atoms with Gasteiger partial charge in [-0.15, -0.1) is 0 Å². The third-order valence-corrected chi connectivity index (χ3v) is 4.26. The Bertz CT molecular complexity index is 901. The zero-order valence-electron chi connectivity index (χ0n) is 13.2. The van der Waals surface area contributed by atoms with Crippen LogP contribution in [0.15, 0.2) is 48.0 Å². The lowest BCUT2D eigenvalue weighted by atomic mass is 10.1. The Morgan fingerprint density at radius 2 is 1.54 bits per heavy atom. The zero-order chi connectivity index (χ0) is 18.7. The molecule has 2 aromatic rings. The highest BCUT2D eigenvalue weighted by molar-refractivity contribution is 6.42. The van der Waals surface area contributed by atoms with Gasteiger partial charge in [0, 0.05) is 0 Å². The van der Waals surface area contributed by atoms with E-state index in [1.807, 2.05) is 16.7 Å². The second-order valence-electron chi connectivity index (χ2n) is 5.40. The van der Waals surface area contributed by atoms with Gasteiger partial charge < -0.3 is 4.74 Å². The van der Waals surface area contributed by atoms with E-state index in [0.29, 0.717) is 28.0 Å². The minimum atomic E-state index is -0.830. The molecule has 26 heavy (non-hydrogen) atoms. The highest BCUT2D eigenvalue weighted by Gasteiger charge is 2.27. The normalized spacial score (nSPS) is 13.9. The average Bonchev–Trinajstić information content (AvgIpc) is 2.60. The highest BCUT2D eigenvalue weighted by atomic mass is 35.5. The van der Waals surface area contributed by atoms with E-state index in [9.17, 15) is 14.4 Å². The van der Waals surface area contributed by atoms with Gasteiger partial charge in [-0.2, -0.15) is 0 Å². The van der Waals surface area contributed by atoms with Crippen molar-refractivity contribution in [3.8, 4) is 5.75 Å². The number of carbonyl (C=O) groups excluding carboxylic acids is 3. The molecule has 0 aliphatic carbocycles. The largest absolute Gasteiger partial charge is 0.489 e. The molecule has 1 heterocycles. The lowest BCUT2D eigenvalue weighted by molar-refractivity contribution is -0.123. The summed E-state index contributed by atoms with van der Waals surface area (Å²) in [7, 11) is 0. The summed E-state index contributed by atoms with van der Waals surface area (Å²) in [6, 6.07) is 11.2. The van der Waals surface area contributed by atoms with E-state index < -0.39 is 17.8 Å². The SMILES string of the molecule is O=C1NC(=O)C(=Cc2ccc(OCc3ccc(Cl)c(Cl)c3)cc2)C(=O)N1. The van der Waals surface area contributed by atoms with Crippen molar-refractivity contribution in [2.24, 2.45) is 0 Å². The van der Waals surface area contributed by atoms with Crippen LogP contribution in [-0.4, -0.2) is 17.8 Å². The number of nitrogens with one attached hydrogen (secondary N) is 2. The minimum absolute atomic E-state index is 0.144. The van der Waals surface area contributed by atoms with Gasteiger partial charge in [-0.3, -0.25) is 20.2 Å². The summed E-state index contributed by atoms with van der Waals surface area (Å²) in [6.45, 7) is 0.310. The first-order valence-corrected chi connectivity index (χ1v) is 8.23. The Morgan fingerprint density at radius 1 is 0.885 bits per heavy atom. The monoisotopic (exact) mass is 390 g/mol. The maximum Gasteiger partial charge on any atom is 0.328 e. The lowest BCUT2D eigenvalue weighted by Crippen LogP contribution is -2.51. The predicted molar refractivity (Wildman–Crippen MR) is 96.9 cm³/mol. The van der Waals surface area contributed by atoms with Crippen molar-refractivity contribution in [2.75, 3.05) is 0 Å². The van der Waals surface area contributed by atoms with Crippen LogP contribution in [0.1, 0.15) is 11.1 Å². The second kappa shape index (κ2) is 7.59. The van der Waals surface area contributed by atoms with E-state index in [4.69, 9.17) is 27.9 Å². The third-order valence-electron chi connectivity index (χ3n) is 3.52. The van der Waals surface area contributed by atoms with Crippen LogP contribution in [0.4, 0.5) is 4.79 Å². The van der Waals surface area contributed by atoms with Crippen LogP contribution in [0.25, 0.3) is 6.08 Å². The number of ether oxygens (including phenoxy) is 1. The first-order valence-electron chi connectivity index (χ1n) is 7.47. The fourth-order valence-electron chi connectivity index (χ4n) is 2.23. The molecule has 2 aromatic carbocycles. The molecule has 1 saturated heterocycles. The number of hydrogen-bond donors (Lipinski definition) is 2. The molecule has 0 saturated carbocycles. The van der Waals surface area contributed by atoms with Crippen molar-refractivity contribution in [2.45, 2.75) is 6.61 Å². The lowest BCUT2D eigenvalue weighted by Gasteiger charge is -2.14. The van der Waals surface area contributed by atoms with Gasteiger partial charge in [0.1, 0.15) is 17.9 Å². The van der Waals surface area contributed by atoms with E-state index in [2.05, 4.69) is 0 Å². The second-order valence-corrected chi connectivity index (χ2v) is 6.22. The summed E-state index contributed by atoms with van der Waals surface area (Å²) in [6.07, 6.45) is 1.39. The fraction of sp³-hybridized carbons (Fsp3) is 0.0556. The number of amides is 4. The topological polar surface area (TPSA) is 84.5 Å². The van der Waals surface area contributed by atoms with Crippen molar-refractivity contribution >= 4 is 47.1 Å². The molecule has 3 rings (SSSR count). The van der Waals surface area contributed by atoms with Crippen molar-refractivity contribution in [3.05, 3.63) is 69.2 Å². The molecule has 0 unspecified atom stereocenters. The number of imide groups is 2. The van der Waals surface area contributed by atoms with Gasteiger partial charge in [0.2, 0.25) is 0 Å². The van der Waals surface area contributed by atoms with Gasteiger partial charge >= 0.3 is 6.03 Å². The van der Waals surface area contributed by atoms with Crippen molar-refractivity contribution < 1.29 is 19.1 Å². The predicted octanol–water partition coefficient (Wildman–Crippen LogP) is 3.32. The molecule has 4 amide bonds. The van der Waals surface area contributed by atoms with Crippen LogP contribution in [0.2, 0.25) is 10.0 Å². The number of hydrogen-bond acceptors (Lipinski definition) is 4. The van der Waals surface area contributed by atoms with E-state index in [0.717, 1.165) is 5.56 Å². The number of benzene rings is 2. The maximum atomic E-state index is 11.7. The van der Waals surface area contributed by atoms with E-state index in [1.165, 1.54) is 6.08 Å². The number of carbonyl (C=O) groups is 3. The molecule has 0 aromatic heterocycles. The average molecular weight is 391 g/mol. The Kier molecular flexibility index (Phi) is 5.25. The standard InChI is InChI=1S/C18H12Cl2N2O4/c19-14-6-3-11(8-15(14)20)9-26-12-4-1-10(2-5-12)7-13-16(23)21-18(25)22-17(13)24/h1-8H,9H2,(H2,21,22,23,24,25). The van der Waals surface area contributed by atoms with Gasteiger partial charge in [-0.25, -0.2) is 4.79 Å². The fourth-order valence-corrected chi connectivity index (χ4v) is 2.55. The van der Waals surface area contributed by atoms with Gasteiger partial charge in [-0.05, 0) is 41.5 Å². The Morgan fingerprint density at radius 3 is 2.15 bits per heavy atom. The van der Waals surface area contributed by atoms with Crippen molar-refractivity contribution in [1.29, 1.82) is 0 Å². The Labute approximate surface area is 158 Å². The molecule has 6 nitrogen and oxygen atoms in total. The van der Waals surface area contributed by atoms with Crippen LogP contribution in [0.5, 0.6) is 5.75 Å². The van der Waals surface area contributed by atoms with Crippen LogP contribution < -0.4 is 15.4 Å². The van der Waals surface area contributed by atoms with Crippen LogP contribution in [0, 0.1) is 0 Å². The Hall–Kier alpha value is -2.83. The first-order chi connectivity index (χ1) is 12.4. The molecule has 0 radical (unpaired) electrons. The number of barbiturate groups is 1. The van der Waals surface area contributed by atoms with Crippen LogP contribution in [0.3, 0.4) is 0 Å². The molecular weight excluding hydrogens is 379 g/mol. The van der Waals surface area contributed by atoms with Crippen LogP contribution >= 0.6 is 23.2 Å². The summed E-state index contributed by atoms with van der Waals surface area (Å²) in [4.78, 5) is 34.4.